The van der Waals surface area contributed by atoms with Gasteiger partial charge in [-0.25, -0.2) is 0 Å². The lowest BCUT2D eigenvalue weighted by atomic mass is 10.4. The van der Waals surface area contributed by atoms with Gasteiger partial charge in [0.15, 0.2) is 0 Å². The summed E-state index contributed by atoms with van der Waals surface area (Å²) in [6.07, 6.45) is 0.529. The van der Waals surface area contributed by atoms with Gasteiger partial charge in [-0.3, -0.25) is 4.79 Å². The van der Waals surface area contributed by atoms with Gasteiger partial charge < -0.3 is 4.42 Å². The third kappa shape index (κ3) is 2.93. The Kier molecular flexibility index (Phi) is 3.74. The number of carbonyl (C=O) groups is 1. The number of thiophene rings is 1. The molecule has 2 aromatic heterocycles. The highest BCUT2D eigenvalue weighted by molar-refractivity contribution is 7.99. The third-order valence-electron chi connectivity index (χ3n) is 1.82. The normalized spacial score (nSPS) is 10.6. The fourth-order valence-corrected chi connectivity index (χ4v) is 2.49. The number of ketones is 1. The van der Waals surface area contributed by atoms with Crippen molar-refractivity contribution < 1.29 is 9.21 Å². The molecular formula is C10H10N2O2S2. The fourth-order valence-electron chi connectivity index (χ4n) is 1.05. The molecule has 0 aliphatic carbocycles. The molecule has 0 saturated heterocycles. The Balaban J connectivity index is 1.95. The van der Waals surface area contributed by atoms with Gasteiger partial charge in [-0.2, -0.15) is 0 Å². The maximum atomic E-state index is 10.7. The van der Waals surface area contributed by atoms with Gasteiger partial charge in [0.1, 0.15) is 5.78 Å². The Morgan fingerprint density at radius 2 is 2.44 bits per heavy atom. The summed E-state index contributed by atoms with van der Waals surface area (Å²) in [6, 6.07) is 3.87. The van der Waals surface area contributed by atoms with Gasteiger partial charge in [-0.15, -0.1) is 21.5 Å². The van der Waals surface area contributed by atoms with E-state index in [1.165, 1.54) is 11.8 Å². The van der Waals surface area contributed by atoms with E-state index in [1.807, 2.05) is 17.5 Å². The smallest absolute Gasteiger partial charge is 0.276 e. The average Bonchev–Trinajstić information content (AvgIpc) is 2.85. The monoisotopic (exact) mass is 254 g/mol. The molecule has 0 aromatic carbocycles. The third-order valence-corrected chi connectivity index (χ3v) is 3.50. The molecule has 0 radical (unpaired) electrons. The van der Waals surface area contributed by atoms with E-state index in [0.29, 0.717) is 23.3 Å². The summed E-state index contributed by atoms with van der Waals surface area (Å²) in [4.78, 5) is 11.7. The van der Waals surface area contributed by atoms with Crippen LogP contribution in [0.5, 0.6) is 0 Å². The van der Waals surface area contributed by atoms with E-state index < -0.39 is 0 Å². The number of aromatic nitrogens is 2. The molecule has 84 valence electrons. The summed E-state index contributed by atoms with van der Waals surface area (Å²) in [7, 11) is 0. The summed E-state index contributed by atoms with van der Waals surface area (Å²) in [5.41, 5.74) is 0. The minimum absolute atomic E-state index is 0.172. The Labute approximate surface area is 101 Å². The van der Waals surface area contributed by atoms with Gasteiger partial charge in [0.25, 0.3) is 11.1 Å². The van der Waals surface area contributed by atoms with Crippen LogP contribution in [0.4, 0.5) is 0 Å². The van der Waals surface area contributed by atoms with E-state index in [0.717, 1.165) is 4.88 Å². The molecule has 0 spiro atoms. The highest BCUT2D eigenvalue weighted by atomic mass is 32.2. The molecule has 0 aliphatic heterocycles. The van der Waals surface area contributed by atoms with Crippen LogP contribution in [-0.4, -0.2) is 21.7 Å². The van der Waals surface area contributed by atoms with Crippen LogP contribution in [0.25, 0.3) is 10.8 Å². The highest BCUT2D eigenvalue weighted by Crippen LogP contribution is 2.26. The van der Waals surface area contributed by atoms with Gasteiger partial charge >= 0.3 is 0 Å². The largest absolute Gasteiger partial charge is 0.410 e. The van der Waals surface area contributed by atoms with Gasteiger partial charge in [0.2, 0.25) is 0 Å². The second kappa shape index (κ2) is 5.27. The molecule has 2 aromatic rings. The lowest BCUT2D eigenvalue weighted by Gasteiger charge is -1.91. The molecule has 0 bridgehead atoms. The van der Waals surface area contributed by atoms with E-state index >= 15 is 0 Å². The van der Waals surface area contributed by atoms with Crippen LogP contribution in [0.15, 0.2) is 27.2 Å². The van der Waals surface area contributed by atoms with Gasteiger partial charge in [0.05, 0.1) is 4.88 Å². The van der Waals surface area contributed by atoms with Crippen molar-refractivity contribution in [3.8, 4) is 10.8 Å². The Morgan fingerprint density at radius 1 is 1.56 bits per heavy atom. The summed E-state index contributed by atoms with van der Waals surface area (Å²) in [5.74, 6) is 1.40. The Hall–Kier alpha value is -1.14. The summed E-state index contributed by atoms with van der Waals surface area (Å²) >= 11 is 2.97. The number of nitrogens with zero attached hydrogens (tertiary/aromatic N) is 2. The van der Waals surface area contributed by atoms with Crippen LogP contribution in [-0.2, 0) is 4.79 Å². The molecule has 0 atom stereocenters. The predicted molar refractivity (Wildman–Crippen MR) is 63.6 cm³/mol. The molecule has 0 fully saturated rings. The van der Waals surface area contributed by atoms with E-state index in [2.05, 4.69) is 10.2 Å². The molecule has 0 saturated carbocycles. The van der Waals surface area contributed by atoms with Gasteiger partial charge in [-0.05, 0) is 18.4 Å². The lowest BCUT2D eigenvalue weighted by molar-refractivity contribution is -0.116. The topological polar surface area (TPSA) is 56.0 Å². The number of carbonyl (C=O) groups excluding carboxylic acids is 1. The van der Waals surface area contributed by atoms with E-state index in [4.69, 9.17) is 4.42 Å². The maximum Gasteiger partial charge on any atom is 0.276 e. The van der Waals surface area contributed by atoms with Crippen molar-refractivity contribution in [2.45, 2.75) is 18.6 Å². The van der Waals surface area contributed by atoms with Crippen molar-refractivity contribution >= 4 is 28.9 Å². The maximum absolute atomic E-state index is 10.7. The molecular weight excluding hydrogens is 244 g/mol. The quantitative estimate of drug-likeness (QED) is 0.768. The van der Waals surface area contributed by atoms with Crippen molar-refractivity contribution in [1.29, 1.82) is 0 Å². The molecule has 0 aliphatic rings. The van der Waals surface area contributed by atoms with Crippen LogP contribution in [0.2, 0.25) is 0 Å². The van der Waals surface area contributed by atoms with Crippen LogP contribution < -0.4 is 0 Å². The molecule has 0 unspecified atom stereocenters. The molecule has 4 nitrogen and oxygen atoms in total. The number of hydrogen-bond acceptors (Lipinski definition) is 6. The predicted octanol–water partition coefficient (Wildman–Crippen LogP) is 2.87. The molecule has 0 N–H and O–H groups in total. The second-order valence-corrected chi connectivity index (χ2v) is 5.14. The Morgan fingerprint density at radius 3 is 3.12 bits per heavy atom. The van der Waals surface area contributed by atoms with E-state index in [9.17, 15) is 4.79 Å². The summed E-state index contributed by atoms with van der Waals surface area (Å²) in [6.45, 7) is 1.57. The van der Waals surface area contributed by atoms with Gasteiger partial charge in [-0.1, -0.05) is 17.8 Å². The van der Waals surface area contributed by atoms with Crippen LogP contribution in [0.1, 0.15) is 13.3 Å². The fraction of sp³-hybridized carbons (Fsp3) is 0.300. The zero-order valence-electron chi connectivity index (χ0n) is 8.67. The number of hydrogen-bond donors (Lipinski definition) is 0. The summed E-state index contributed by atoms with van der Waals surface area (Å²) < 4.78 is 5.45. The average molecular weight is 254 g/mol. The highest BCUT2D eigenvalue weighted by Gasteiger charge is 2.09. The van der Waals surface area contributed by atoms with Crippen molar-refractivity contribution in [2.75, 3.05) is 5.75 Å². The minimum Gasteiger partial charge on any atom is -0.410 e. The Bertz CT molecular complexity index is 465. The van der Waals surface area contributed by atoms with Crippen LogP contribution in [0.3, 0.4) is 0 Å². The van der Waals surface area contributed by atoms with Crippen molar-refractivity contribution in [3.05, 3.63) is 17.5 Å². The molecule has 2 heterocycles. The second-order valence-electron chi connectivity index (χ2n) is 3.15. The van der Waals surface area contributed by atoms with Crippen molar-refractivity contribution in [3.63, 3.8) is 0 Å². The van der Waals surface area contributed by atoms with Gasteiger partial charge in [0, 0.05) is 12.2 Å². The van der Waals surface area contributed by atoms with Crippen molar-refractivity contribution in [2.24, 2.45) is 0 Å². The molecule has 2 rings (SSSR count). The zero-order valence-corrected chi connectivity index (χ0v) is 10.3. The number of thioether (sulfide) groups is 1. The molecule has 0 amide bonds. The minimum atomic E-state index is 0.172. The van der Waals surface area contributed by atoms with E-state index in [1.54, 1.807) is 18.3 Å². The first-order valence-corrected chi connectivity index (χ1v) is 6.62. The zero-order chi connectivity index (χ0) is 11.4. The molecule has 6 heteroatoms. The van der Waals surface area contributed by atoms with Crippen LogP contribution >= 0.6 is 23.1 Å². The molecule has 16 heavy (non-hydrogen) atoms. The first-order chi connectivity index (χ1) is 7.75. The summed E-state index contributed by atoms with van der Waals surface area (Å²) in [5, 5.41) is 10.3. The van der Waals surface area contributed by atoms with Crippen LogP contribution in [0, 0.1) is 0 Å². The lowest BCUT2D eigenvalue weighted by Crippen LogP contribution is -1.91. The number of rotatable bonds is 5. The standard InChI is InChI=1S/C10H10N2O2S2/c1-7(13)4-6-16-10-12-11-9(14-10)8-3-2-5-15-8/h2-3,5H,4,6H2,1H3. The van der Waals surface area contributed by atoms with Crippen molar-refractivity contribution in [1.82, 2.24) is 10.2 Å². The number of Topliss-reactive ketones (excluding diaryl/α,β-unsaturated/α-hetero) is 1. The first kappa shape index (κ1) is 11.3. The SMILES string of the molecule is CC(=O)CCSc1nnc(-c2cccs2)o1. The first-order valence-electron chi connectivity index (χ1n) is 4.75. The van der Waals surface area contributed by atoms with E-state index in [-0.39, 0.29) is 5.78 Å².